The molecule has 7 aliphatic heterocycles. The second-order valence-electron chi connectivity index (χ2n) is 32.1. The van der Waals surface area contributed by atoms with Crippen LogP contribution in [0.2, 0.25) is 0 Å². The summed E-state index contributed by atoms with van der Waals surface area (Å²) in [6.07, 6.45) is 8.35. The zero-order valence-corrected chi connectivity index (χ0v) is 92.5. The van der Waals surface area contributed by atoms with E-state index in [9.17, 15) is 24.8 Å². The van der Waals surface area contributed by atoms with Crippen LogP contribution < -0.4 is 131 Å². The normalized spacial score (nSPS) is 16.6. The number of anilines is 1. The molecule has 7 aliphatic rings. The van der Waals surface area contributed by atoms with Crippen molar-refractivity contribution in [3.8, 4) is 75.4 Å². The Bertz CT molecular complexity index is 4840. The van der Waals surface area contributed by atoms with Gasteiger partial charge in [-0.1, -0.05) is 83.1 Å². The third-order valence-corrected chi connectivity index (χ3v) is 26.8. The maximum atomic E-state index is 12.4. The Hall–Kier alpha value is -6.87. The van der Waals surface area contributed by atoms with Crippen LogP contribution in [-0.2, 0) is 82.9 Å². The number of ether oxygens (including phenoxy) is 17. The summed E-state index contributed by atoms with van der Waals surface area (Å²) in [5.74, 6) is 6.50. The fraction of sp³-hybridized carbons (Fsp3) is 0.550. The van der Waals surface area contributed by atoms with Crippen molar-refractivity contribution in [3.63, 3.8) is 0 Å². The number of benzene rings is 6. The van der Waals surface area contributed by atoms with Gasteiger partial charge in [0.1, 0.15) is 12.0 Å². The molecule has 7 fully saturated rings. The molecule has 768 valence electrons. The largest absolute Gasteiger partial charge is 1.00 e. The van der Waals surface area contributed by atoms with Crippen LogP contribution >= 0.6 is 67.0 Å². The van der Waals surface area contributed by atoms with E-state index < -0.39 is 39.0 Å². The summed E-state index contributed by atoms with van der Waals surface area (Å²) in [5.41, 5.74) is 10.5. The molecule has 0 unspecified atom stereocenters. The minimum absolute atomic E-state index is 0. The summed E-state index contributed by atoms with van der Waals surface area (Å²) in [7, 11) is 21.9. The van der Waals surface area contributed by atoms with E-state index in [2.05, 4.69) is 90.3 Å². The molecular weight excluding hydrogens is 2040 g/mol. The zero-order chi connectivity index (χ0) is 99.5. The number of aliphatic carboxylic acids is 1. The van der Waals surface area contributed by atoms with Gasteiger partial charge < -0.3 is 132 Å². The molecule has 4 N–H and O–H groups in total. The van der Waals surface area contributed by atoms with Gasteiger partial charge in [-0.3, -0.25) is 9.59 Å². The van der Waals surface area contributed by atoms with E-state index in [-0.39, 0.29) is 99.1 Å². The van der Waals surface area contributed by atoms with E-state index in [0.717, 1.165) is 177 Å². The number of nitrogens with two attached hydrogens (primary N) is 1. The third kappa shape index (κ3) is 37.0. The van der Waals surface area contributed by atoms with E-state index >= 15 is 0 Å². The number of aldehydes is 1. The number of halogens is 4. The third-order valence-electron chi connectivity index (χ3n) is 24.8. The van der Waals surface area contributed by atoms with Gasteiger partial charge in [-0.2, -0.15) is 10.5 Å². The van der Waals surface area contributed by atoms with Crippen LogP contribution in [0.15, 0.2) is 115 Å². The van der Waals surface area contributed by atoms with E-state index in [4.69, 9.17) is 135 Å². The average molecular weight is 2180 g/mol. The number of methoxy groups -OCH3 is 11. The molecule has 40 heteroatoms. The Kier molecular flexibility index (Phi) is 63.9. The topological polar surface area (TPSA) is 394 Å². The van der Waals surface area contributed by atoms with Crippen molar-refractivity contribution in [2.45, 2.75) is 119 Å². The van der Waals surface area contributed by atoms with Crippen molar-refractivity contribution < 1.29 is 186 Å². The van der Waals surface area contributed by atoms with Gasteiger partial charge in [-0.05, 0) is 197 Å². The van der Waals surface area contributed by atoms with Gasteiger partial charge >= 0.3 is 65.1 Å². The molecule has 14 rings (SSSR count). The number of rotatable bonds is 28. The van der Waals surface area contributed by atoms with Crippen LogP contribution in [-0.4, -0.2) is 294 Å². The number of alkyl halides is 3. The van der Waals surface area contributed by atoms with Gasteiger partial charge in [0.2, 0.25) is 0 Å². The monoisotopic (exact) mass is 2180 g/mol. The molecular formula is C100H142Br2Cl2N8Na2O24S2. The van der Waals surface area contributed by atoms with Gasteiger partial charge in [0, 0.05) is 145 Å². The van der Waals surface area contributed by atoms with Crippen LogP contribution in [0.25, 0.3) is 0 Å². The van der Waals surface area contributed by atoms with Crippen molar-refractivity contribution in [2.75, 3.05) is 245 Å². The number of ketones is 1. The van der Waals surface area contributed by atoms with Crippen molar-refractivity contribution >= 4 is 95.3 Å². The SMILES string of the molecule is BrCCOCCBr.C.C.CN1CCN(C(N)=S)CC1.COc1ccc(C2(C#N)CCOCC2)cc1OC.COc1ccc(C2(C(=O)CCl)CCOCC2)cc1OC.COc1ccc(C2(C(=O)O)CCOCC2)cc1OC.COc1ccc(C2(C=O)CCOCC2)cc1OC.COc1ccc(C2(c3csc(N4CCN(C)CC4)n3)CCOCC2)cc1OC.COc1ccc(CC#N)cc1CO.[H-].[Na+].[Na+].[O-][Cl+][O-]. The molecule has 32 nitrogen and oxygen atoms in total. The number of likely N-dealkylation sites (N-methyl/N-ethyl adjacent to an activating group) is 2. The van der Waals surface area contributed by atoms with Gasteiger partial charge in [-0.15, -0.1) is 22.9 Å². The number of carboxylic acids is 1. The molecule has 6 aromatic carbocycles. The smallest absolute Gasteiger partial charge is 1.00 e. The first-order valence-corrected chi connectivity index (χ1v) is 49.1. The number of aliphatic hydroxyl groups is 1. The molecule has 0 saturated carbocycles. The number of carboxylic acid groups (broad SMARTS) is 1. The summed E-state index contributed by atoms with van der Waals surface area (Å²) in [6.45, 7) is 15.9. The van der Waals surface area contributed by atoms with Gasteiger partial charge in [0.25, 0.3) is 0 Å². The maximum Gasteiger partial charge on any atom is 1.00 e. The van der Waals surface area contributed by atoms with Crippen molar-refractivity contribution in [1.82, 2.24) is 19.7 Å². The number of carbonyl (C=O) groups excluding carboxylic acids is 2. The Labute approximate surface area is 908 Å². The molecule has 7 aromatic rings. The minimum atomic E-state index is -0.891. The van der Waals surface area contributed by atoms with E-state index in [0.29, 0.717) is 155 Å². The number of nitrogens with zero attached hydrogens (tertiary/aromatic N) is 7. The number of aliphatic hydroxyl groups excluding tert-OH is 1. The quantitative estimate of drug-likeness (QED) is 0.0144. The Morgan fingerprint density at radius 3 is 1.26 bits per heavy atom. The van der Waals surface area contributed by atoms with E-state index in [1.807, 2.05) is 71.6 Å². The van der Waals surface area contributed by atoms with Crippen LogP contribution in [0.4, 0.5) is 5.13 Å². The number of hydrogen-bond acceptors (Lipinski definition) is 31. The van der Waals surface area contributed by atoms with Crippen LogP contribution in [0, 0.1) is 34.0 Å². The van der Waals surface area contributed by atoms with Crippen LogP contribution in [0.5, 0.6) is 63.2 Å². The standard InChI is InChI=1S/C21H29N3O3S.C15H19ClO4.C14H17NO3.C14H18O5.C14H18O4.C10H11NO2.C6H13N3S.C4H8Br2O.2CH4.ClO2.2Na.H/c1-23-8-10-24(11-9-23)20-22-19(15-28-20)21(6-12-27-13-7-21)16-4-5-17(25-2)18(14-16)26-3;1-18-12-4-3-11(9-13(12)19-2)15(14(17)10-16)5-7-20-8-6-15;1-16-12-4-3-11(9-13(12)17-2)14(10-15)5-7-18-8-6-14;1-17-11-4-3-10(9-12(11)18-2)14(13(15)16)5-7-19-8-6-14;1-16-12-4-3-11(9-13(12)17-2)14(10-15)5-7-18-8-6-14;1-13-10-3-2-8(4-5-11)6-9(10)7-12;1-8-2-4-9(5-3-8)6(7)10;5-1-3-7-4-2-6;;;2-1-3;;;/h4-5,14-15H,6-13H2,1-3H3;3-4,9H,5-8,10H2,1-2H3;3-4,9H,5-8H2,1-2H3;3-4,9H,5-8H2,1-2H3,(H,15,16);3-4,9-10H,5-8H2,1-2H3;2-3,6,12H,4,7H2,1H3;2-5H2,1H3,(H2,7,10);1-4H2;2*1H4;;;;/q;;;;;;;;;;-1;2*+1;-1. The van der Waals surface area contributed by atoms with Crippen molar-refractivity contribution in [1.29, 1.82) is 10.5 Å². The number of hydrogen-bond donors (Lipinski definition) is 3. The fourth-order valence-corrected chi connectivity index (χ4v) is 18.3. The first-order chi connectivity index (χ1) is 65.8. The maximum absolute atomic E-state index is 12.4. The first kappa shape index (κ1) is 129. The molecule has 0 spiro atoms. The zero-order valence-electron chi connectivity index (χ0n) is 83.2. The Balaban J connectivity index is 0.000000816. The molecule has 0 radical (unpaired) electrons. The number of Topliss-reactive ketones (excluding diaryl/α,β-unsaturated/α-hetero) is 1. The summed E-state index contributed by atoms with van der Waals surface area (Å²) in [4.78, 5) is 49.8. The number of thiocarbonyl (C=S) groups is 1. The number of thiazole rings is 1. The predicted octanol–water partition coefficient (Wildman–Crippen LogP) is 7.17. The summed E-state index contributed by atoms with van der Waals surface area (Å²) >= 11 is 18.5. The molecule has 0 amide bonds. The molecule has 7 saturated heterocycles. The number of nitriles is 2. The number of piperazine rings is 2. The molecule has 140 heavy (non-hydrogen) atoms. The molecule has 8 heterocycles. The van der Waals surface area contributed by atoms with Gasteiger partial charge in [0.15, 0.2) is 73.5 Å². The second kappa shape index (κ2) is 69.3. The fourth-order valence-electron chi connectivity index (χ4n) is 16.4. The van der Waals surface area contributed by atoms with E-state index in [1.54, 1.807) is 120 Å². The van der Waals surface area contributed by atoms with Crippen molar-refractivity contribution in [2.24, 2.45) is 5.73 Å². The molecule has 1 aromatic heterocycles. The molecule has 0 aliphatic carbocycles. The summed E-state index contributed by atoms with van der Waals surface area (Å²) < 4.78 is 107. The summed E-state index contributed by atoms with van der Waals surface area (Å²) in [6, 6.07) is 38.4. The molecule has 0 atom stereocenters. The molecule has 0 bridgehead atoms. The Morgan fingerprint density at radius 1 is 0.529 bits per heavy atom. The van der Waals surface area contributed by atoms with E-state index in [1.165, 1.54) is 5.56 Å². The van der Waals surface area contributed by atoms with Crippen LogP contribution in [0.3, 0.4) is 0 Å². The second-order valence-corrected chi connectivity index (χ2v) is 35.3. The van der Waals surface area contributed by atoms with Gasteiger partial charge in [-0.25, -0.2) is 4.98 Å². The Morgan fingerprint density at radius 2 is 0.879 bits per heavy atom. The number of carbonyl (C=O) groups is 3. The predicted molar refractivity (Wildman–Crippen MR) is 539 cm³/mol. The van der Waals surface area contributed by atoms with Crippen molar-refractivity contribution in [3.05, 3.63) is 159 Å². The van der Waals surface area contributed by atoms with Crippen LogP contribution in [0.1, 0.15) is 125 Å². The number of aromatic nitrogens is 1. The summed E-state index contributed by atoms with van der Waals surface area (Å²) in [5, 5.41) is 42.3. The first-order valence-electron chi connectivity index (χ1n) is 44.4. The minimum Gasteiger partial charge on any atom is -1.00 e. The van der Waals surface area contributed by atoms with Gasteiger partial charge in [0.05, 0.1) is 161 Å². The average Bonchev–Trinajstić information content (AvgIpc) is 1.73.